The molecule has 1 heterocycles. The van der Waals surface area contributed by atoms with Gasteiger partial charge >= 0.3 is 0 Å². The maximum Gasteiger partial charge on any atom is 0.178 e. The molecular weight excluding hydrogens is 350 g/mol. The van der Waals surface area contributed by atoms with Gasteiger partial charge in [0.1, 0.15) is 0 Å². The molecule has 1 aromatic carbocycles. The fourth-order valence-corrected chi connectivity index (χ4v) is 3.56. The van der Waals surface area contributed by atoms with Crippen LogP contribution in [0.25, 0.3) is 0 Å². The van der Waals surface area contributed by atoms with Crippen molar-refractivity contribution in [2.75, 3.05) is 0 Å². The fourth-order valence-electron chi connectivity index (χ4n) is 3.56. The predicted molar refractivity (Wildman–Crippen MR) is 112 cm³/mol. The number of aryl methyl sites for hydroxylation is 2. The average molecular weight is 388 g/mol. The molecule has 0 bridgehead atoms. The van der Waals surface area contributed by atoms with E-state index in [1.165, 1.54) is 87.4 Å². The molecular formula is C25H38ClN. The van der Waals surface area contributed by atoms with Gasteiger partial charge in [0, 0.05) is 24.6 Å². The van der Waals surface area contributed by atoms with Gasteiger partial charge in [0.05, 0.1) is 0 Å². The highest BCUT2D eigenvalue weighted by molar-refractivity contribution is 5.22. The van der Waals surface area contributed by atoms with Crippen LogP contribution in [0, 0.1) is 6.92 Å². The van der Waals surface area contributed by atoms with Crippen molar-refractivity contribution in [3.8, 4) is 0 Å². The van der Waals surface area contributed by atoms with Crippen LogP contribution in [0.3, 0.4) is 0 Å². The normalized spacial score (nSPS) is 10.6. The molecule has 0 aliphatic heterocycles. The van der Waals surface area contributed by atoms with Crippen LogP contribution >= 0.6 is 0 Å². The second-order valence-electron chi connectivity index (χ2n) is 7.72. The molecule has 150 valence electrons. The van der Waals surface area contributed by atoms with Gasteiger partial charge in [-0.15, -0.1) is 0 Å². The molecule has 1 aromatic heterocycles. The SMILES string of the molecule is CCCCCCCCCCCCc1ccc(C[n+]2ccccc2C)cc1.[Cl-]. The van der Waals surface area contributed by atoms with Crippen molar-refractivity contribution in [2.24, 2.45) is 0 Å². The second-order valence-corrected chi connectivity index (χ2v) is 7.72. The molecule has 0 spiro atoms. The first kappa shape index (κ1) is 23.7. The zero-order valence-corrected chi connectivity index (χ0v) is 18.2. The molecule has 1 nitrogen and oxygen atoms in total. The number of hydrogen-bond acceptors (Lipinski definition) is 0. The van der Waals surface area contributed by atoms with E-state index in [1.54, 1.807) is 0 Å². The summed E-state index contributed by atoms with van der Waals surface area (Å²) in [6.45, 7) is 5.42. The van der Waals surface area contributed by atoms with E-state index in [2.05, 4.69) is 67.1 Å². The van der Waals surface area contributed by atoms with E-state index in [0.29, 0.717) is 0 Å². The first-order valence-electron chi connectivity index (χ1n) is 10.8. The molecule has 0 saturated heterocycles. The van der Waals surface area contributed by atoms with Crippen molar-refractivity contribution in [2.45, 2.75) is 91.0 Å². The standard InChI is InChI=1S/C25H38N.ClH/c1-3-4-5-6-7-8-9-10-11-12-16-24-17-19-25(20-18-24)22-26-21-14-13-15-23(26)2;/h13-15,17-21H,3-12,16,22H2,1-2H3;1H/q+1;/p-1. The van der Waals surface area contributed by atoms with Crippen LogP contribution in [-0.4, -0.2) is 0 Å². The van der Waals surface area contributed by atoms with Gasteiger partial charge in [-0.05, 0) is 18.4 Å². The van der Waals surface area contributed by atoms with E-state index in [9.17, 15) is 0 Å². The van der Waals surface area contributed by atoms with Crippen molar-refractivity contribution >= 4 is 0 Å². The lowest BCUT2D eigenvalue weighted by molar-refractivity contribution is -0.694. The van der Waals surface area contributed by atoms with E-state index in [1.807, 2.05) is 0 Å². The molecule has 0 N–H and O–H groups in total. The van der Waals surface area contributed by atoms with Gasteiger partial charge in [0.2, 0.25) is 0 Å². The molecule has 0 aliphatic carbocycles. The Hall–Kier alpha value is -1.34. The molecule has 0 radical (unpaired) electrons. The third-order valence-electron chi connectivity index (χ3n) is 5.36. The molecule has 2 rings (SSSR count). The first-order valence-corrected chi connectivity index (χ1v) is 10.8. The van der Waals surface area contributed by atoms with E-state index in [0.717, 1.165) is 6.54 Å². The highest BCUT2D eigenvalue weighted by atomic mass is 35.5. The summed E-state index contributed by atoms with van der Waals surface area (Å²) in [6, 6.07) is 15.6. The monoisotopic (exact) mass is 387 g/mol. The fraction of sp³-hybridized carbons (Fsp3) is 0.560. The number of aromatic nitrogens is 1. The summed E-state index contributed by atoms with van der Waals surface area (Å²) in [7, 11) is 0. The van der Waals surface area contributed by atoms with Gasteiger partial charge < -0.3 is 12.4 Å². The largest absolute Gasteiger partial charge is 1.00 e. The van der Waals surface area contributed by atoms with Crippen LogP contribution in [0.1, 0.15) is 88.0 Å². The first-order chi connectivity index (χ1) is 12.8. The highest BCUT2D eigenvalue weighted by Crippen LogP contribution is 2.13. The van der Waals surface area contributed by atoms with Gasteiger partial charge in [0.25, 0.3) is 0 Å². The van der Waals surface area contributed by atoms with Crippen LogP contribution in [0.4, 0.5) is 0 Å². The summed E-state index contributed by atoms with van der Waals surface area (Å²) in [4.78, 5) is 0. The minimum atomic E-state index is 0. The van der Waals surface area contributed by atoms with Gasteiger partial charge in [-0.2, -0.15) is 4.57 Å². The second kappa shape index (κ2) is 14.7. The number of pyridine rings is 1. The van der Waals surface area contributed by atoms with Crippen molar-refractivity contribution in [3.63, 3.8) is 0 Å². The van der Waals surface area contributed by atoms with Gasteiger partial charge in [-0.1, -0.05) is 95.0 Å². The number of benzene rings is 1. The Kier molecular flexibility index (Phi) is 12.9. The summed E-state index contributed by atoms with van der Waals surface area (Å²) in [5, 5.41) is 0. The Bertz CT molecular complexity index is 606. The Morgan fingerprint density at radius 3 is 1.81 bits per heavy atom. The van der Waals surface area contributed by atoms with Gasteiger partial charge in [0.15, 0.2) is 18.4 Å². The summed E-state index contributed by atoms with van der Waals surface area (Å²) in [6.07, 6.45) is 17.5. The maximum absolute atomic E-state index is 2.32. The van der Waals surface area contributed by atoms with Gasteiger partial charge in [-0.25, -0.2) is 0 Å². The van der Waals surface area contributed by atoms with Crippen molar-refractivity contribution in [3.05, 3.63) is 65.5 Å². The Morgan fingerprint density at radius 1 is 0.667 bits per heavy atom. The maximum atomic E-state index is 2.32. The van der Waals surface area contributed by atoms with Gasteiger partial charge in [-0.3, -0.25) is 0 Å². The minimum absolute atomic E-state index is 0. The Labute approximate surface area is 173 Å². The summed E-state index contributed by atoms with van der Waals surface area (Å²) in [5.41, 5.74) is 4.18. The number of rotatable bonds is 13. The molecule has 0 fully saturated rings. The summed E-state index contributed by atoms with van der Waals surface area (Å²) in [5.74, 6) is 0. The highest BCUT2D eigenvalue weighted by Gasteiger charge is 2.05. The molecule has 2 aromatic rings. The lowest BCUT2D eigenvalue weighted by atomic mass is 10.0. The van der Waals surface area contributed by atoms with Crippen molar-refractivity contribution < 1.29 is 17.0 Å². The van der Waals surface area contributed by atoms with Crippen LogP contribution in [-0.2, 0) is 13.0 Å². The molecule has 0 atom stereocenters. The topological polar surface area (TPSA) is 3.88 Å². The molecule has 0 aliphatic rings. The molecule has 2 heteroatoms. The van der Waals surface area contributed by atoms with Crippen LogP contribution in [0.5, 0.6) is 0 Å². The third kappa shape index (κ3) is 9.96. The number of halogens is 1. The number of nitrogens with zero attached hydrogens (tertiary/aromatic N) is 1. The number of hydrogen-bond donors (Lipinski definition) is 0. The minimum Gasteiger partial charge on any atom is -1.00 e. The van der Waals surface area contributed by atoms with Crippen molar-refractivity contribution in [1.82, 2.24) is 0 Å². The van der Waals surface area contributed by atoms with E-state index in [-0.39, 0.29) is 12.4 Å². The van der Waals surface area contributed by atoms with Crippen LogP contribution in [0.15, 0.2) is 48.7 Å². The summed E-state index contributed by atoms with van der Waals surface area (Å²) >= 11 is 0. The molecule has 0 saturated carbocycles. The van der Waals surface area contributed by atoms with E-state index >= 15 is 0 Å². The lowest BCUT2D eigenvalue weighted by Gasteiger charge is -2.05. The Balaban J connectivity index is 0.00000364. The van der Waals surface area contributed by atoms with Crippen LogP contribution < -0.4 is 17.0 Å². The lowest BCUT2D eigenvalue weighted by Crippen LogP contribution is -3.00. The summed E-state index contributed by atoms with van der Waals surface area (Å²) < 4.78 is 2.30. The Morgan fingerprint density at radius 2 is 1.22 bits per heavy atom. The third-order valence-corrected chi connectivity index (χ3v) is 5.36. The van der Waals surface area contributed by atoms with Crippen molar-refractivity contribution in [1.29, 1.82) is 0 Å². The predicted octanol–water partition coefficient (Wildman–Crippen LogP) is 3.80. The quantitative estimate of drug-likeness (QED) is 0.363. The molecule has 0 unspecified atom stereocenters. The average Bonchev–Trinajstić information content (AvgIpc) is 2.66. The number of unbranched alkanes of at least 4 members (excludes halogenated alkanes) is 9. The van der Waals surface area contributed by atoms with Crippen LogP contribution in [0.2, 0.25) is 0 Å². The zero-order valence-electron chi connectivity index (χ0n) is 17.4. The molecule has 27 heavy (non-hydrogen) atoms. The van der Waals surface area contributed by atoms with E-state index in [4.69, 9.17) is 0 Å². The molecule has 0 amide bonds. The zero-order chi connectivity index (χ0) is 18.5. The van der Waals surface area contributed by atoms with E-state index < -0.39 is 0 Å². The smallest absolute Gasteiger partial charge is 0.178 e.